The number of nitrogens with zero attached hydrogens (tertiary/aromatic N) is 2. The molecule has 3 N–H and O–H groups in total. The topological polar surface area (TPSA) is 61.9 Å². The minimum Gasteiger partial charge on any atom is -0.391 e. The summed E-state index contributed by atoms with van der Waals surface area (Å²) >= 11 is 0. The molecule has 1 fully saturated rings. The summed E-state index contributed by atoms with van der Waals surface area (Å²) in [6.45, 7) is 3.41. The van der Waals surface area contributed by atoms with Gasteiger partial charge in [-0.05, 0) is 19.3 Å². The molecule has 0 aromatic carbocycles. The SMILES string of the molecule is CC(O)[C@H]1CN=C(N)N1CCCCC1CCCCC1. The Balaban J connectivity index is 1.65. The smallest absolute Gasteiger partial charge is 0.191 e. The lowest BCUT2D eigenvalue weighted by Crippen LogP contribution is -2.46. The van der Waals surface area contributed by atoms with Gasteiger partial charge in [0.2, 0.25) is 0 Å². The van der Waals surface area contributed by atoms with Gasteiger partial charge in [0.25, 0.3) is 0 Å². The summed E-state index contributed by atoms with van der Waals surface area (Å²) in [5.74, 6) is 1.58. The standard InChI is InChI=1S/C15H29N3O/c1-12(19)14-11-17-15(16)18(14)10-6-5-9-13-7-3-2-4-8-13/h12-14,19H,2-11H2,1H3,(H2,16,17)/t12?,14-/m1/s1. The highest BCUT2D eigenvalue weighted by Gasteiger charge is 2.29. The molecule has 0 spiro atoms. The molecular formula is C15H29N3O. The molecule has 2 aliphatic rings. The second-order valence-electron chi connectivity index (χ2n) is 6.20. The normalized spacial score (nSPS) is 26.5. The molecule has 2 rings (SSSR count). The van der Waals surface area contributed by atoms with Gasteiger partial charge in [0, 0.05) is 6.54 Å². The first-order valence-electron chi connectivity index (χ1n) is 7.93. The number of nitrogens with two attached hydrogens (primary N) is 1. The lowest BCUT2D eigenvalue weighted by Gasteiger charge is -2.28. The van der Waals surface area contributed by atoms with E-state index in [4.69, 9.17) is 5.73 Å². The number of unbranched alkanes of at least 4 members (excludes halogenated alkanes) is 1. The van der Waals surface area contributed by atoms with E-state index in [1.807, 2.05) is 6.92 Å². The molecule has 1 saturated carbocycles. The Morgan fingerprint density at radius 2 is 2.05 bits per heavy atom. The van der Waals surface area contributed by atoms with E-state index >= 15 is 0 Å². The summed E-state index contributed by atoms with van der Waals surface area (Å²) in [5.41, 5.74) is 5.90. The number of guanidine groups is 1. The van der Waals surface area contributed by atoms with E-state index in [1.165, 1.54) is 44.9 Å². The molecule has 0 aromatic rings. The predicted molar refractivity (Wildman–Crippen MR) is 79.1 cm³/mol. The third kappa shape index (κ3) is 4.10. The van der Waals surface area contributed by atoms with Crippen molar-refractivity contribution < 1.29 is 5.11 Å². The van der Waals surface area contributed by atoms with E-state index < -0.39 is 0 Å². The van der Waals surface area contributed by atoms with Crippen molar-refractivity contribution >= 4 is 5.96 Å². The molecular weight excluding hydrogens is 238 g/mol. The fourth-order valence-electron chi connectivity index (χ4n) is 3.43. The van der Waals surface area contributed by atoms with Gasteiger partial charge in [-0.2, -0.15) is 0 Å². The second-order valence-corrected chi connectivity index (χ2v) is 6.20. The summed E-state index contributed by atoms with van der Waals surface area (Å²) in [5, 5.41) is 9.73. The molecule has 110 valence electrons. The molecule has 0 saturated heterocycles. The van der Waals surface area contributed by atoms with Crippen LogP contribution in [0.2, 0.25) is 0 Å². The fraction of sp³-hybridized carbons (Fsp3) is 0.933. The zero-order valence-electron chi connectivity index (χ0n) is 12.2. The lowest BCUT2D eigenvalue weighted by molar-refractivity contribution is 0.110. The van der Waals surface area contributed by atoms with Crippen LogP contribution >= 0.6 is 0 Å². The monoisotopic (exact) mass is 267 g/mol. The Hall–Kier alpha value is -0.770. The van der Waals surface area contributed by atoms with Crippen LogP contribution in [0.25, 0.3) is 0 Å². The average molecular weight is 267 g/mol. The van der Waals surface area contributed by atoms with Crippen LogP contribution in [0.4, 0.5) is 0 Å². The highest BCUT2D eigenvalue weighted by atomic mass is 16.3. The fourth-order valence-corrected chi connectivity index (χ4v) is 3.43. The zero-order chi connectivity index (χ0) is 13.7. The van der Waals surface area contributed by atoms with E-state index in [2.05, 4.69) is 9.89 Å². The van der Waals surface area contributed by atoms with E-state index in [9.17, 15) is 5.11 Å². The van der Waals surface area contributed by atoms with Gasteiger partial charge >= 0.3 is 0 Å². The summed E-state index contributed by atoms with van der Waals surface area (Å²) in [7, 11) is 0. The third-order valence-electron chi connectivity index (χ3n) is 4.68. The van der Waals surface area contributed by atoms with E-state index in [0.29, 0.717) is 12.5 Å². The molecule has 1 aliphatic carbocycles. The van der Waals surface area contributed by atoms with Crippen LogP contribution in [0.5, 0.6) is 0 Å². The van der Waals surface area contributed by atoms with Crippen molar-refractivity contribution in [2.24, 2.45) is 16.6 Å². The molecule has 0 radical (unpaired) electrons. The van der Waals surface area contributed by atoms with Gasteiger partial charge in [-0.15, -0.1) is 0 Å². The Labute approximate surface area is 117 Å². The van der Waals surface area contributed by atoms with Crippen molar-refractivity contribution in [3.63, 3.8) is 0 Å². The lowest BCUT2D eigenvalue weighted by atomic mass is 9.86. The van der Waals surface area contributed by atoms with Crippen molar-refractivity contribution in [1.29, 1.82) is 0 Å². The Kier molecular flexibility index (Phi) is 5.49. The van der Waals surface area contributed by atoms with Gasteiger partial charge in [0.1, 0.15) is 0 Å². The van der Waals surface area contributed by atoms with Crippen molar-refractivity contribution in [2.45, 2.75) is 70.4 Å². The molecule has 1 aliphatic heterocycles. The molecule has 4 nitrogen and oxygen atoms in total. The maximum Gasteiger partial charge on any atom is 0.191 e. The van der Waals surface area contributed by atoms with Gasteiger partial charge in [-0.3, -0.25) is 4.99 Å². The minimum atomic E-state index is -0.358. The number of aliphatic hydroxyl groups excluding tert-OH is 1. The van der Waals surface area contributed by atoms with E-state index in [0.717, 1.165) is 18.9 Å². The predicted octanol–water partition coefficient (Wildman–Crippen LogP) is 2.12. The number of rotatable bonds is 6. The number of hydrogen-bond donors (Lipinski definition) is 2. The van der Waals surface area contributed by atoms with E-state index in [-0.39, 0.29) is 12.1 Å². The molecule has 2 atom stereocenters. The number of aliphatic hydroxyl groups is 1. The van der Waals surface area contributed by atoms with E-state index in [1.54, 1.807) is 0 Å². The molecule has 1 heterocycles. The van der Waals surface area contributed by atoms with Crippen molar-refractivity contribution in [2.75, 3.05) is 13.1 Å². The van der Waals surface area contributed by atoms with Crippen LogP contribution in [0, 0.1) is 5.92 Å². The largest absolute Gasteiger partial charge is 0.391 e. The van der Waals surface area contributed by atoms with Crippen molar-refractivity contribution in [3.8, 4) is 0 Å². The maximum absolute atomic E-state index is 9.73. The first kappa shape index (κ1) is 14.6. The molecule has 0 aromatic heterocycles. The second kappa shape index (κ2) is 7.13. The van der Waals surface area contributed by atoms with Crippen LogP contribution in [-0.2, 0) is 0 Å². The summed E-state index contributed by atoms with van der Waals surface area (Å²) in [6.07, 6.45) is 10.6. The highest BCUT2D eigenvalue weighted by molar-refractivity contribution is 5.80. The Morgan fingerprint density at radius 3 is 2.74 bits per heavy atom. The van der Waals surface area contributed by atoms with Gasteiger partial charge < -0.3 is 15.7 Å². The van der Waals surface area contributed by atoms with Crippen LogP contribution in [0.1, 0.15) is 58.3 Å². The van der Waals surface area contributed by atoms with Gasteiger partial charge in [0.15, 0.2) is 5.96 Å². The van der Waals surface area contributed by atoms with Gasteiger partial charge in [0.05, 0.1) is 18.7 Å². The Morgan fingerprint density at radius 1 is 1.32 bits per heavy atom. The average Bonchev–Trinajstić information content (AvgIpc) is 2.77. The van der Waals surface area contributed by atoms with Crippen molar-refractivity contribution in [3.05, 3.63) is 0 Å². The van der Waals surface area contributed by atoms with Crippen LogP contribution < -0.4 is 5.73 Å². The molecule has 4 heteroatoms. The van der Waals surface area contributed by atoms with Crippen molar-refractivity contribution in [1.82, 2.24) is 4.90 Å². The summed E-state index contributed by atoms with van der Waals surface area (Å²) < 4.78 is 0. The minimum absolute atomic E-state index is 0.0923. The maximum atomic E-state index is 9.73. The molecule has 19 heavy (non-hydrogen) atoms. The third-order valence-corrected chi connectivity index (χ3v) is 4.68. The first-order valence-corrected chi connectivity index (χ1v) is 7.93. The van der Waals surface area contributed by atoms with Crippen LogP contribution in [0.3, 0.4) is 0 Å². The van der Waals surface area contributed by atoms with Gasteiger partial charge in [-0.25, -0.2) is 0 Å². The van der Waals surface area contributed by atoms with Crippen LogP contribution in [0.15, 0.2) is 4.99 Å². The first-order chi connectivity index (χ1) is 9.18. The molecule has 0 amide bonds. The number of hydrogen-bond acceptors (Lipinski definition) is 4. The molecule has 1 unspecified atom stereocenters. The number of aliphatic imine (C=N–C) groups is 1. The van der Waals surface area contributed by atoms with Crippen LogP contribution in [-0.4, -0.2) is 41.2 Å². The summed E-state index contributed by atoms with van der Waals surface area (Å²) in [6, 6.07) is 0.0923. The summed E-state index contributed by atoms with van der Waals surface area (Å²) in [4.78, 5) is 6.34. The highest BCUT2D eigenvalue weighted by Crippen LogP contribution is 2.27. The Bertz CT molecular complexity index is 298. The zero-order valence-corrected chi connectivity index (χ0v) is 12.2. The molecule has 0 bridgehead atoms. The van der Waals surface area contributed by atoms with Gasteiger partial charge in [-0.1, -0.05) is 44.9 Å². The quantitative estimate of drug-likeness (QED) is 0.725.